The Bertz CT molecular complexity index is 3560. The second-order valence-electron chi connectivity index (χ2n) is 15.1. The number of benzene rings is 5. The highest BCUT2D eigenvalue weighted by Gasteiger charge is 2.67. The van der Waals surface area contributed by atoms with Gasteiger partial charge in [0.05, 0.1) is 11.6 Å². The quantitative estimate of drug-likeness (QED) is 0.117. The molecule has 10 aromatic rings. The molecule has 5 aromatic heterocycles. The van der Waals surface area contributed by atoms with Gasteiger partial charge in [0.2, 0.25) is 5.69 Å². The van der Waals surface area contributed by atoms with E-state index in [1.54, 1.807) is 0 Å². The number of hydrogen-bond acceptors (Lipinski definition) is 1. The van der Waals surface area contributed by atoms with Crippen LogP contribution in [0.2, 0.25) is 0 Å². The minimum Gasteiger partial charge on any atom is -0.422 e. The second-order valence-corrected chi connectivity index (χ2v) is 15.1. The lowest BCUT2D eigenvalue weighted by Gasteiger charge is -2.34. The molecule has 2 aliphatic carbocycles. The van der Waals surface area contributed by atoms with Gasteiger partial charge in [-0.25, -0.2) is 0 Å². The Morgan fingerprint density at radius 1 is 0.654 bits per heavy atom. The highest BCUT2D eigenvalue weighted by molar-refractivity contribution is 6.32. The van der Waals surface area contributed by atoms with E-state index in [1.807, 2.05) is 0 Å². The third-order valence-corrected chi connectivity index (χ3v) is 13.1. The molecule has 1 spiro atoms. The van der Waals surface area contributed by atoms with Crippen LogP contribution in [0.15, 0.2) is 128 Å². The molecule has 52 heavy (non-hydrogen) atoms. The van der Waals surface area contributed by atoms with E-state index in [2.05, 4.69) is 152 Å². The molecule has 1 unspecified atom stereocenters. The summed E-state index contributed by atoms with van der Waals surface area (Å²) in [6, 6.07) is 40.7. The van der Waals surface area contributed by atoms with Crippen molar-refractivity contribution in [2.45, 2.75) is 18.5 Å². The van der Waals surface area contributed by atoms with Crippen molar-refractivity contribution in [2.75, 3.05) is 0 Å². The molecular formula is C47H26N4O+2. The van der Waals surface area contributed by atoms with E-state index in [0.717, 1.165) is 30.3 Å². The largest absolute Gasteiger partial charge is 0.422 e. The number of hydrogen-bond donors (Lipinski definition) is 0. The molecule has 0 bridgehead atoms. The number of aromatic nitrogens is 4. The van der Waals surface area contributed by atoms with Crippen molar-refractivity contribution in [3.63, 3.8) is 0 Å². The minimum atomic E-state index is -0.746. The molecule has 0 amide bonds. The molecule has 5 aromatic carbocycles. The highest BCUT2D eigenvalue weighted by atomic mass is 16.5. The summed E-state index contributed by atoms with van der Waals surface area (Å²) in [7, 11) is 0. The number of para-hydroxylation sites is 1. The summed E-state index contributed by atoms with van der Waals surface area (Å²) >= 11 is 0. The molecule has 238 valence electrons. The smallest absolute Gasteiger partial charge is 0.354 e. The summed E-state index contributed by atoms with van der Waals surface area (Å²) in [5.74, 6) is 2.90. The van der Waals surface area contributed by atoms with Crippen LogP contribution in [-0.2, 0) is 12.1 Å². The van der Waals surface area contributed by atoms with E-state index in [-0.39, 0.29) is 0 Å². The van der Waals surface area contributed by atoms with Crippen LogP contribution in [0.5, 0.6) is 11.6 Å². The highest BCUT2D eigenvalue weighted by Crippen LogP contribution is 2.56. The third-order valence-electron chi connectivity index (χ3n) is 13.1. The SMILES string of the molecule is C1=Cc2c3c4c(cccc4c4c5ccc6[n+]7c5n5c(c8ccccc8c5c24)C72c4c(ccc5c7ccccc7n(c45)-c4cccc[n+]42)O6)CC=C3C1. The van der Waals surface area contributed by atoms with Gasteiger partial charge in [0.1, 0.15) is 22.3 Å². The fourth-order valence-electron chi connectivity index (χ4n) is 11.4. The Balaban J connectivity index is 1.30. The van der Waals surface area contributed by atoms with Crippen molar-refractivity contribution in [1.82, 2.24) is 8.97 Å². The predicted molar refractivity (Wildman–Crippen MR) is 206 cm³/mol. The van der Waals surface area contributed by atoms with E-state index in [4.69, 9.17) is 4.74 Å². The average Bonchev–Trinajstić information content (AvgIpc) is 3.84. The number of fused-ring (bicyclic) bond motifs is 13. The van der Waals surface area contributed by atoms with Gasteiger partial charge in [-0.15, -0.1) is 4.57 Å². The van der Waals surface area contributed by atoms with Gasteiger partial charge in [-0.05, 0) is 94.4 Å². The maximum Gasteiger partial charge on any atom is 0.354 e. The van der Waals surface area contributed by atoms with Crippen molar-refractivity contribution in [1.29, 1.82) is 0 Å². The van der Waals surface area contributed by atoms with Crippen molar-refractivity contribution in [2.24, 2.45) is 0 Å². The molecule has 15 rings (SSSR count). The number of pyridine rings is 3. The van der Waals surface area contributed by atoms with E-state index in [1.165, 1.54) is 104 Å². The van der Waals surface area contributed by atoms with Crippen LogP contribution >= 0.6 is 0 Å². The lowest BCUT2D eigenvalue weighted by atomic mass is 9.78. The van der Waals surface area contributed by atoms with Crippen LogP contribution in [0.3, 0.4) is 0 Å². The maximum absolute atomic E-state index is 7.09. The Labute approximate surface area is 295 Å². The predicted octanol–water partition coefficient (Wildman–Crippen LogP) is 9.61. The zero-order valence-corrected chi connectivity index (χ0v) is 27.8. The molecule has 0 N–H and O–H groups in total. The summed E-state index contributed by atoms with van der Waals surface area (Å²) in [4.78, 5) is 0. The van der Waals surface area contributed by atoms with Gasteiger partial charge >= 0.3 is 11.3 Å². The summed E-state index contributed by atoms with van der Waals surface area (Å²) in [5.41, 5.74) is 12.3. The lowest BCUT2D eigenvalue weighted by molar-refractivity contribution is -0.958. The molecule has 0 saturated carbocycles. The zero-order valence-electron chi connectivity index (χ0n) is 27.8. The first-order valence-electron chi connectivity index (χ1n) is 18.3. The van der Waals surface area contributed by atoms with Gasteiger partial charge < -0.3 is 4.74 Å². The van der Waals surface area contributed by atoms with Gasteiger partial charge in [-0.3, -0.25) is 0 Å². The standard InChI is InChI=1S/C47H26N4O/c1-2-13-30-28(12-1)43-41-32-15-8-10-26-19-18-25-9-7-14-31(38(25)39(26)32)40(41)33-21-23-37-51-46(33)50(43)45(30)47(51)42-35(52-37)22-20-29-27-11-3-4-16-34(27)49(44(29)42)36-17-5-6-24-48(36)47/h1-9,11-17,19-24H,10,18H2/q+2. The number of ether oxygens (including phenoxy) is 1. The second kappa shape index (κ2) is 7.93. The first kappa shape index (κ1) is 25.3. The zero-order chi connectivity index (χ0) is 33.2. The molecule has 8 heterocycles. The summed E-state index contributed by atoms with van der Waals surface area (Å²) < 4.78 is 17.3. The van der Waals surface area contributed by atoms with Gasteiger partial charge in [0.25, 0.3) is 11.7 Å². The van der Waals surface area contributed by atoms with E-state index >= 15 is 0 Å². The molecule has 0 radical (unpaired) electrons. The normalized spacial score (nSPS) is 18.1. The Kier molecular flexibility index (Phi) is 3.85. The first-order valence-corrected chi connectivity index (χ1v) is 18.3. The Hall–Kier alpha value is -6.72. The molecule has 1 atom stereocenters. The van der Waals surface area contributed by atoms with Crippen LogP contribution in [-0.4, -0.2) is 8.97 Å². The van der Waals surface area contributed by atoms with Gasteiger partial charge in [-0.1, -0.05) is 66.8 Å². The minimum absolute atomic E-state index is 0.746. The Morgan fingerprint density at radius 3 is 2.44 bits per heavy atom. The third kappa shape index (κ3) is 2.35. The summed E-state index contributed by atoms with van der Waals surface area (Å²) in [6.45, 7) is 0. The molecule has 5 nitrogen and oxygen atoms in total. The molecular weight excluding hydrogens is 637 g/mol. The van der Waals surface area contributed by atoms with Crippen LogP contribution < -0.4 is 13.9 Å². The molecule has 0 saturated heterocycles. The van der Waals surface area contributed by atoms with Crippen molar-refractivity contribution in [3.05, 3.63) is 155 Å². The molecule has 0 fully saturated rings. The molecule has 3 aliphatic heterocycles. The van der Waals surface area contributed by atoms with Crippen LogP contribution in [0.25, 0.3) is 88.1 Å². The fraction of sp³-hybridized carbons (Fsp3) is 0.0638. The maximum atomic E-state index is 7.09. The number of nitrogens with zero attached hydrogens (tertiary/aromatic N) is 4. The lowest BCUT2D eigenvalue weighted by Crippen LogP contribution is -2.76. The van der Waals surface area contributed by atoms with Crippen molar-refractivity contribution in [3.8, 4) is 17.4 Å². The average molecular weight is 663 g/mol. The van der Waals surface area contributed by atoms with Crippen molar-refractivity contribution < 1.29 is 13.9 Å². The topological polar surface area (TPSA) is 26.3 Å². The van der Waals surface area contributed by atoms with E-state index in [9.17, 15) is 0 Å². The van der Waals surface area contributed by atoms with Crippen molar-refractivity contribution >= 4 is 82.3 Å². The van der Waals surface area contributed by atoms with E-state index in [0.29, 0.717) is 0 Å². The summed E-state index contributed by atoms with van der Waals surface area (Å²) in [5, 5.41) is 11.8. The Morgan fingerprint density at radius 2 is 1.48 bits per heavy atom. The monoisotopic (exact) mass is 662 g/mol. The summed E-state index contributed by atoms with van der Waals surface area (Å²) in [6.07, 6.45) is 11.5. The van der Waals surface area contributed by atoms with Crippen LogP contribution in [0.4, 0.5) is 0 Å². The van der Waals surface area contributed by atoms with Gasteiger partial charge in [0, 0.05) is 44.5 Å². The number of rotatable bonds is 0. The first-order chi connectivity index (χ1) is 25.8. The fourth-order valence-corrected chi connectivity index (χ4v) is 11.4. The van der Waals surface area contributed by atoms with Gasteiger partial charge in [-0.2, -0.15) is 13.5 Å². The number of allylic oxidation sites excluding steroid dienone is 3. The van der Waals surface area contributed by atoms with E-state index < -0.39 is 5.66 Å². The van der Waals surface area contributed by atoms with Crippen LogP contribution in [0.1, 0.15) is 34.4 Å². The van der Waals surface area contributed by atoms with Gasteiger partial charge in [0.15, 0.2) is 5.52 Å². The van der Waals surface area contributed by atoms with Crippen LogP contribution in [0, 0.1) is 0 Å². The molecule has 5 aliphatic rings. The molecule has 5 heteroatoms.